The maximum atomic E-state index is 12.1. The van der Waals surface area contributed by atoms with Crippen LogP contribution < -0.4 is 5.73 Å². The molecular weight excluding hydrogens is 244 g/mol. The highest BCUT2D eigenvalue weighted by molar-refractivity contribution is 5.76. The number of hydrogen-bond donors (Lipinski definition) is 1. The van der Waals surface area contributed by atoms with Gasteiger partial charge in [0.2, 0.25) is 5.91 Å². The molecule has 0 spiro atoms. The van der Waals surface area contributed by atoms with E-state index in [2.05, 4.69) is 23.9 Å². The fourth-order valence-electron chi connectivity index (χ4n) is 2.15. The average molecular weight is 272 g/mol. The minimum absolute atomic E-state index is 0.153. The molecule has 0 saturated carbocycles. The van der Waals surface area contributed by atoms with Crippen LogP contribution in [0.2, 0.25) is 0 Å². The van der Waals surface area contributed by atoms with Crippen molar-refractivity contribution >= 4 is 5.91 Å². The molecule has 19 heavy (non-hydrogen) atoms. The molecule has 0 radical (unpaired) electrons. The second-order valence-corrected chi connectivity index (χ2v) is 5.32. The predicted molar refractivity (Wildman–Crippen MR) is 76.0 cm³/mol. The topological polar surface area (TPSA) is 62.0 Å². The number of nitrogens with two attached hydrogens (primary N) is 1. The van der Waals surface area contributed by atoms with Crippen molar-refractivity contribution in [2.75, 3.05) is 67.0 Å². The Kier molecular flexibility index (Phi) is 7.30. The third-order valence-corrected chi connectivity index (χ3v) is 3.59. The van der Waals surface area contributed by atoms with Crippen molar-refractivity contribution in [1.82, 2.24) is 14.7 Å². The lowest BCUT2D eigenvalue weighted by atomic mass is 10.2. The van der Waals surface area contributed by atoms with Gasteiger partial charge in [-0.2, -0.15) is 0 Å². The highest BCUT2D eigenvalue weighted by Crippen LogP contribution is 2.06. The van der Waals surface area contributed by atoms with Crippen molar-refractivity contribution in [1.29, 1.82) is 0 Å². The van der Waals surface area contributed by atoms with E-state index in [1.165, 1.54) is 0 Å². The Bertz CT molecular complexity index is 261. The van der Waals surface area contributed by atoms with E-state index in [4.69, 9.17) is 10.5 Å². The quantitative estimate of drug-likeness (QED) is 0.648. The van der Waals surface area contributed by atoms with Gasteiger partial charge >= 0.3 is 0 Å². The fourth-order valence-corrected chi connectivity index (χ4v) is 2.15. The van der Waals surface area contributed by atoms with Crippen molar-refractivity contribution in [2.24, 2.45) is 5.73 Å². The number of nitrogens with zero attached hydrogens (tertiary/aromatic N) is 3. The SMILES string of the molecule is COC(CN)CC(=O)N1CCN(CCN(C)C)CC1. The second-order valence-electron chi connectivity index (χ2n) is 5.32. The monoisotopic (exact) mass is 272 g/mol. The first-order chi connectivity index (χ1) is 9.06. The molecule has 0 bridgehead atoms. The molecular formula is C13H28N4O2. The Morgan fingerprint density at radius 1 is 1.32 bits per heavy atom. The van der Waals surface area contributed by atoms with E-state index in [-0.39, 0.29) is 12.0 Å². The minimum atomic E-state index is -0.153. The van der Waals surface area contributed by atoms with Crippen LogP contribution in [0.3, 0.4) is 0 Å². The van der Waals surface area contributed by atoms with E-state index in [0.717, 1.165) is 39.3 Å². The van der Waals surface area contributed by atoms with E-state index in [0.29, 0.717) is 13.0 Å². The Morgan fingerprint density at radius 3 is 2.42 bits per heavy atom. The summed E-state index contributed by atoms with van der Waals surface area (Å²) in [4.78, 5) is 18.6. The zero-order chi connectivity index (χ0) is 14.3. The summed E-state index contributed by atoms with van der Waals surface area (Å²) in [7, 11) is 5.76. The summed E-state index contributed by atoms with van der Waals surface area (Å²) in [5.41, 5.74) is 5.54. The van der Waals surface area contributed by atoms with E-state index in [1.54, 1.807) is 7.11 Å². The van der Waals surface area contributed by atoms with Gasteiger partial charge in [0.1, 0.15) is 0 Å². The zero-order valence-corrected chi connectivity index (χ0v) is 12.5. The van der Waals surface area contributed by atoms with Crippen LogP contribution in [0.25, 0.3) is 0 Å². The maximum absolute atomic E-state index is 12.1. The Labute approximate surface area is 116 Å². The molecule has 1 aliphatic rings. The number of methoxy groups -OCH3 is 1. The molecule has 1 atom stereocenters. The molecule has 1 fully saturated rings. The molecule has 0 aromatic heterocycles. The standard InChI is InChI=1S/C13H28N4O2/c1-15(2)4-5-16-6-8-17(9-7-16)13(18)10-12(11-14)19-3/h12H,4-11,14H2,1-3H3. The van der Waals surface area contributed by atoms with Gasteiger partial charge in [-0.3, -0.25) is 9.69 Å². The molecule has 1 aliphatic heterocycles. The van der Waals surface area contributed by atoms with E-state index in [1.807, 2.05) is 4.90 Å². The second kappa shape index (κ2) is 8.47. The largest absolute Gasteiger partial charge is 0.380 e. The Hall–Kier alpha value is -0.690. The minimum Gasteiger partial charge on any atom is -0.380 e. The normalized spacial score (nSPS) is 18.9. The number of piperazine rings is 1. The van der Waals surface area contributed by atoms with Crippen LogP contribution in [0.15, 0.2) is 0 Å². The molecule has 6 heteroatoms. The lowest BCUT2D eigenvalue weighted by Gasteiger charge is -2.35. The molecule has 1 unspecified atom stereocenters. The first-order valence-corrected chi connectivity index (χ1v) is 6.94. The predicted octanol–water partition coefficient (Wildman–Crippen LogP) is -0.944. The van der Waals surface area contributed by atoms with Gasteiger partial charge in [0.25, 0.3) is 0 Å². The van der Waals surface area contributed by atoms with Crippen molar-refractivity contribution in [3.8, 4) is 0 Å². The van der Waals surface area contributed by atoms with E-state index >= 15 is 0 Å². The highest BCUT2D eigenvalue weighted by Gasteiger charge is 2.22. The fraction of sp³-hybridized carbons (Fsp3) is 0.923. The molecule has 0 aromatic carbocycles. The third-order valence-electron chi connectivity index (χ3n) is 3.59. The summed E-state index contributed by atoms with van der Waals surface area (Å²) in [5, 5.41) is 0. The average Bonchev–Trinajstić information content (AvgIpc) is 2.42. The van der Waals surface area contributed by atoms with Gasteiger partial charge in [-0.15, -0.1) is 0 Å². The molecule has 6 nitrogen and oxygen atoms in total. The van der Waals surface area contributed by atoms with Gasteiger partial charge in [0.15, 0.2) is 0 Å². The van der Waals surface area contributed by atoms with Gasteiger partial charge in [0.05, 0.1) is 12.5 Å². The zero-order valence-electron chi connectivity index (χ0n) is 12.5. The van der Waals surface area contributed by atoms with Crippen LogP contribution in [0.4, 0.5) is 0 Å². The molecule has 1 amide bonds. The highest BCUT2D eigenvalue weighted by atomic mass is 16.5. The first-order valence-electron chi connectivity index (χ1n) is 6.94. The number of hydrogen-bond acceptors (Lipinski definition) is 5. The lowest BCUT2D eigenvalue weighted by molar-refractivity contribution is -0.135. The molecule has 1 rings (SSSR count). The first kappa shape index (κ1) is 16.4. The molecule has 112 valence electrons. The summed E-state index contributed by atoms with van der Waals surface area (Å²) in [5.74, 6) is 0.157. The van der Waals surface area contributed by atoms with Crippen molar-refractivity contribution in [3.63, 3.8) is 0 Å². The van der Waals surface area contributed by atoms with Crippen LogP contribution in [-0.2, 0) is 9.53 Å². The summed E-state index contributed by atoms with van der Waals surface area (Å²) >= 11 is 0. The number of ether oxygens (including phenoxy) is 1. The lowest BCUT2D eigenvalue weighted by Crippen LogP contribution is -2.50. The molecule has 1 heterocycles. The van der Waals surface area contributed by atoms with Crippen LogP contribution >= 0.6 is 0 Å². The van der Waals surface area contributed by atoms with Crippen LogP contribution in [0.5, 0.6) is 0 Å². The smallest absolute Gasteiger partial charge is 0.225 e. The van der Waals surface area contributed by atoms with Crippen LogP contribution in [-0.4, -0.2) is 93.7 Å². The molecule has 1 saturated heterocycles. The molecule has 0 aliphatic carbocycles. The van der Waals surface area contributed by atoms with E-state index in [9.17, 15) is 4.79 Å². The summed E-state index contributed by atoms with van der Waals surface area (Å²) in [6.07, 6.45) is 0.240. The molecule has 2 N–H and O–H groups in total. The maximum Gasteiger partial charge on any atom is 0.225 e. The van der Waals surface area contributed by atoms with Gasteiger partial charge in [-0.1, -0.05) is 0 Å². The Morgan fingerprint density at radius 2 is 1.95 bits per heavy atom. The number of carbonyl (C=O) groups excluding carboxylic acids is 1. The summed E-state index contributed by atoms with van der Waals surface area (Å²) in [6, 6.07) is 0. The van der Waals surface area contributed by atoms with Gasteiger partial charge in [0, 0.05) is 52.9 Å². The number of amides is 1. The van der Waals surface area contributed by atoms with Gasteiger partial charge in [-0.05, 0) is 14.1 Å². The number of likely N-dealkylation sites (N-methyl/N-ethyl adjacent to an activating group) is 1. The van der Waals surface area contributed by atoms with Gasteiger partial charge in [-0.25, -0.2) is 0 Å². The number of carbonyl (C=O) groups is 1. The summed E-state index contributed by atoms with van der Waals surface area (Å²) in [6.45, 7) is 6.07. The van der Waals surface area contributed by atoms with E-state index < -0.39 is 0 Å². The van der Waals surface area contributed by atoms with Crippen molar-refractivity contribution in [2.45, 2.75) is 12.5 Å². The number of rotatable bonds is 7. The van der Waals surface area contributed by atoms with Crippen molar-refractivity contribution in [3.05, 3.63) is 0 Å². The summed E-state index contributed by atoms with van der Waals surface area (Å²) < 4.78 is 5.16. The third kappa shape index (κ3) is 5.86. The van der Waals surface area contributed by atoms with Crippen LogP contribution in [0, 0.1) is 0 Å². The van der Waals surface area contributed by atoms with Gasteiger partial charge < -0.3 is 20.3 Å². The van der Waals surface area contributed by atoms with Crippen LogP contribution in [0.1, 0.15) is 6.42 Å². The Balaban J connectivity index is 2.27. The molecule has 0 aromatic rings. The van der Waals surface area contributed by atoms with Crippen molar-refractivity contribution < 1.29 is 9.53 Å².